The van der Waals surface area contributed by atoms with E-state index >= 15 is 0 Å². The smallest absolute Gasteiger partial charge is 0.141 e. The Morgan fingerprint density at radius 3 is 2.65 bits per heavy atom. The molecule has 0 bridgehead atoms. The summed E-state index contributed by atoms with van der Waals surface area (Å²) in [5.41, 5.74) is 3.85. The zero-order valence-electron chi connectivity index (χ0n) is 14.7. The van der Waals surface area contributed by atoms with Gasteiger partial charge in [-0.1, -0.05) is 52.3 Å². The minimum Gasteiger partial charge on any atom is -0.317 e. The lowest BCUT2D eigenvalue weighted by Gasteiger charge is -2.38. The number of benzene rings is 2. The first kappa shape index (κ1) is 16.3. The van der Waals surface area contributed by atoms with Gasteiger partial charge in [-0.25, -0.2) is 4.98 Å². The molecule has 0 amide bonds. The summed E-state index contributed by atoms with van der Waals surface area (Å²) in [5, 5.41) is 3.51. The third-order valence-corrected chi connectivity index (χ3v) is 6.56. The molecule has 2 aliphatic heterocycles. The van der Waals surface area contributed by atoms with Crippen molar-refractivity contribution >= 4 is 15.9 Å². The molecule has 1 atom stereocenters. The summed E-state index contributed by atoms with van der Waals surface area (Å²) in [6, 6.07) is 17.7. The van der Waals surface area contributed by atoms with E-state index in [-0.39, 0.29) is 5.54 Å². The Morgan fingerprint density at radius 1 is 1.08 bits per heavy atom. The maximum atomic E-state index is 4.71. The van der Waals surface area contributed by atoms with Gasteiger partial charge in [0.25, 0.3) is 0 Å². The quantitative estimate of drug-likeness (QED) is 0.674. The molecule has 4 heteroatoms. The zero-order valence-corrected chi connectivity index (χ0v) is 16.2. The van der Waals surface area contributed by atoms with E-state index in [1.54, 1.807) is 0 Å². The lowest BCUT2D eigenvalue weighted by atomic mass is 9.74. The number of fused-ring (bicyclic) bond motifs is 3. The molecule has 1 unspecified atom stereocenters. The van der Waals surface area contributed by atoms with E-state index in [0.717, 1.165) is 29.8 Å². The van der Waals surface area contributed by atoms with Crippen molar-refractivity contribution in [2.45, 2.75) is 24.8 Å². The second-order valence-electron chi connectivity index (χ2n) is 7.43. The zero-order chi connectivity index (χ0) is 17.6. The van der Waals surface area contributed by atoms with Crippen LogP contribution in [0.1, 0.15) is 30.4 Å². The Bertz CT molecular complexity index is 925. The molecule has 0 saturated carbocycles. The first-order chi connectivity index (χ1) is 12.8. The summed E-state index contributed by atoms with van der Waals surface area (Å²) in [6.07, 6.45) is 7.71. The molecular formula is C22H22BrN3. The molecule has 2 aromatic carbocycles. The number of hydrogen-bond donors (Lipinski definition) is 1. The number of imidazole rings is 1. The number of nitrogens with one attached hydrogen (secondary N) is 1. The molecule has 1 saturated heterocycles. The van der Waals surface area contributed by atoms with Gasteiger partial charge in [0.2, 0.25) is 0 Å². The van der Waals surface area contributed by atoms with Crippen molar-refractivity contribution in [1.82, 2.24) is 14.9 Å². The Hall–Kier alpha value is -1.91. The molecule has 2 aliphatic rings. The Balaban J connectivity index is 1.73. The summed E-state index contributed by atoms with van der Waals surface area (Å²) in [5.74, 6) is 1.80. The second-order valence-corrected chi connectivity index (χ2v) is 8.35. The van der Waals surface area contributed by atoms with Gasteiger partial charge in [-0.2, -0.15) is 0 Å². The van der Waals surface area contributed by atoms with Crippen LogP contribution < -0.4 is 5.32 Å². The molecule has 0 radical (unpaired) electrons. The highest BCUT2D eigenvalue weighted by molar-refractivity contribution is 9.10. The summed E-state index contributed by atoms with van der Waals surface area (Å²) in [6.45, 7) is 2.25. The first-order valence-corrected chi connectivity index (χ1v) is 10.2. The summed E-state index contributed by atoms with van der Waals surface area (Å²) in [7, 11) is 0. The summed E-state index contributed by atoms with van der Waals surface area (Å²) in [4.78, 5) is 4.71. The Kier molecular flexibility index (Phi) is 3.98. The van der Waals surface area contributed by atoms with E-state index in [9.17, 15) is 0 Å². The molecule has 3 nitrogen and oxygen atoms in total. The van der Waals surface area contributed by atoms with Crippen LogP contribution in [0.5, 0.6) is 0 Å². The first-order valence-electron chi connectivity index (χ1n) is 9.39. The molecule has 0 aliphatic carbocycles. The third-order valence-electron chi connectivity index (χ3n) is 6.03. The minimum atomic E-state index is -0.162. The van der Waals surface area contributed by atoms with Crippen molar-refractivity contribution in [3.63, 3.8) is 0 Å². The van der Waals surface area contributed by atoms with Crippen molar-refractivity contribution in [2.24, 2.45) is 5.92 Å². The fourth-order valence-electron chi connectivity index (χ4n) is 4.83. The van der Waals surface area contributed by atoms with E-state index in [1.165, 1.54) is 29.5 Å². The van der Waals surface area contributed by atoms with Gasteiger partial charge in [0.15, 0.2) is 0 Å². The predicted octanol–water partition coefficient (Wildman–Crippen LogP) is 4.81. The number of nitrogens with zero attached hydrogens (tertiary/aromatic N) is 2. The largest absolute Gasteiger partial charge is 0.317 e. The number of aromatic nitrogens is 2. The standard InChI is InChI=1S/C22H22BrN3/c23-18-7-5-17(6-8-18)22(15-16-9-11-24-12-10-16)20-4-2-1-3-19(20)21-25-13-14-26(21)22/h1-8,13-14,16,24H,9-12,15H2. The molecule has 26 heavy (non-hydrogen) atoms. The molecule has 3 aromatic rings. The van der Waals surface area contributed by atoms with E-state index in [2.05, 4.69) is 80.5 Å². The van der Waals surface area contributed by atoms with Crippen LogP contribution in [-0.2, 0) is 5.54 Å². The van der Waals surface area contributed by atoms with Crippen LogP contribution in [0.15, 0.2) is 65.4 Å². The van der Waals surface area contributed by atoms with Crippen LogP contribution in [0.3, 0.4) is 0 Å². The maximum Gasteiger partial charge on any atom is 0.141 e. The number of halogens is 1. The molecule has 1 fully saturated rings. The van der Waals surface area contributed by atoms with Crippen molar-refractivity contribution in [3.05, 3.63) is 76.5 Å². The fraction of sp³-hybridized carbons (Fsp3) is 0.318. The molecule has 0 spiro atoms. The van der Waals surface area contributed by atoms with Gasteiger partial charge in [-0.15, -0.1) is 0 Å². The SMILES string of the molecule is Brc1ccc(C2(CC3CCNCC3)c3ccccc3-c3nccn32)cc1. The molecule has 3 heterocycles. The van der Waals surface area contributed by atoms with Crippen molar-refractivity contribution in [2.75, 3.05) is 13.1 Å². The molecule has 1 aromatic heterocycles. The van der Waals surface area contributed by atoms with Crippen LogP contribution in [0.2, 0.25) is 0 Å². The molecule has 5 rings (SSSR count). The summed E-state index contributed by atoms with van der Waals surface area (Å²) < 4.78 is 3.54. The minimum absolute atomic E-state index is 0.162. The van der Waals surface area contributed by atoms with Gasteiger partial charge in [-0.3, -0.25) is 0 Å². The van der Waals surface area contributed by atoms with Gasteiger partial charge >= 0.3 is 0 Å². The highest BCUT2D eigenvalue weighted by Gasteiger charge is 2.46. The molecular weight excluding hydrogens is 386 g/mol. The van der Waals surface area contributed by atoms with E-state index in [0.29, 0.717) is 5.92 Å². The summed E-state index contributed by atoms with van der Waals surface area (Å²) >= 11 is 3.60. The van der Waals surface area contributed by atoms with E-state index in [4.69, 9.17) is 4.98 Å². The van der Waals surface area contributed by atoms with Crippen molar-refractivity contribution < 1.29 is 0 Å². The van der Waals surface area contributed by atoms with Crippen LogP contribution in [0.4, 0.5) is 0 Å². The van der Waals surface area contributed by atoms with Gasteiger partial charge < -0.3 is 9.88 Å². The third kappa shape index (κ3) is 2.39. The van der Waals surface area contributed by atoms with Gasteiger partial charge in [0.05, 0.1) is 5.54 Å². The molecule has 132 valence electrons. The number of hydrogen-bond acceptors (Lipinski definition) is 2. The second kappa shape index (κ2) is 6.36. The van der Waals surface area contributed by atoms with Crippen LogP contribution in [0, 0.1) is 5.92 Å². The van der Waals surface area contributed by atoms with Crippen LogP contribution >= 0.6 is 15.9 Å². The fourth-order valence-corrected chi connectivity index (χ4v) is 5.09. The topological polar surface area (TPSA) is 29.9 Å². The lowest BCUT2D eigenvalue weighted by molar-refractivity contribution is 0.273. The Labute approximate surface area is 162 Å². The van der Waals surface area contributed by atoms with Gasteiger partial charge in [0.1, 0.15) is 5.82 Å². The number of rotatable bonds is 3. The maximum absolute atomic E-state index is 4.71. The lowest BCUT2D eigenvalue weighted by Crippen LogP contribution is -2.38. The average molecular weight is 408 g/mol. The van der Waals surface area contributed by atoms with Crippen LogP contribution in [0.25, 0.3) is 11.4 Å². The van der Waals surface area contributed by atoms with Crippen molar-refractivity contribution in [3.8, 4) is 11.4 Å². The normalized spacial score (nSPS) is 22.2. The highest BCUT2D eigenvalue weighted by atomic mass is 79.9. The highest BCUT2D eigenvalue weighted by Crippen LogP contribution is 2.51. The van der Waals surface area contributed by atoms with Crippen molar-refractivity contribution in [1.29, 1.82) is 0 Å². The van der Waals surface area contributed by atoms with E-state index in [1.807, 2.05) is 6.20 Å². The Morgan fingerprint density at radius 2 is 1.85 bits per heavy atom. The van der Waals surface area contributed by atoms with Crippen LogP contribution in [-0.4, -0.2) is 22.6 Å². The van der Waals surface area contributed by atoms with E-state index < -0.39 is 0 Å². The number of piperidine rings is 1. The van der Waals surface area contributed by atoms with Gasteiger partial charge in [0, 0.05) is 22.4 Å². The predicted molar refractivity (Wildman–Crippen MR) is 108 cm³/mol. The monoisotopic (exact) mass is 407 g/mol. The molecule has 1 N–H and O–H groups in total. The average Bonchev–Trinajstić information content (AvgIpc) is 3.26. The van der Waals surface area contributed by atoms with Gasteiger partial charge in [-0.05, 0) is 61.5 Å².